The van der Waals surface area contributed by atoms with E-state index in [-0.39, 0.29) is 5.91 Å². The van der Waals surface area contributed by atoms with Gasteiger partial charge in [0.05, 0.1) is 14.1 Å². The van der Waals surface area contributed by atoms with Crippen LogP contribution in [0, 0.1) is 0 Å². The molecule has 0 aliphatic carbocycles. The molecule has 0 saturated carbocycles. The van der Waals surface area contributed by atoms with Gasteiger partial charge < -0.3 is 5.32 Å². The van der Waals surface area contributed by atoms with Crippen LogP contribution < -0.4 is 9.88 Å². The van der Waals surface area contributed by atoms with E-state index >= 15 is 0 Å². The molecule has 4 heteroatoms. The van der Waals surface area contributed by atoms with E-state index in [1.807, 2.05) is 50.8 Å². The van der Waals surface area contributed by atoms with Gasteiger partial charge in [0, 0.05) is 5.69 Å². The van der Waals surface area contributed by atoms with Gasteiger partial charge in [0.2, 0.25) is 0 Å². The molecular formula is C14H18N3O+. The fourth-order valence-electron chi connectivity index (χ4n) is 1.92. The molecule has 0 radical (unpaired) electrons. The second-order valence-corrected chi connectivity index (χ2v) is 4.35. The Bertz CT molecular complexity index is 535. The first-order chi connectivity index (χ1) is 8.61. The standard InChI is InChI=1S/C14H17N3O/c1-4-11-5-7-12(8-6-11)15-13(18)14-16(2)9-10-17(14)3/h5-10H,4H2,1-3H3/p+1. The van der Waals surface area contributed by atoms with Crippen molar-refractivity contribution in [3.63, 3.8) is 0 Å². The maximum atomic E-state index is 12.1. The molecular weight excluding hydrogens is 226 g/mol. The van der Waals surface area contributed by atoms with Crippen LogP contribution in [0.1, 0.15) is 23.1 Å². The van der Waals surface area contributed by atoms with Crippen molar-refractivity contribution in [2.75, 3.05) is 5.32 Å². The Balaban J connectivity index is 2.16. The summed E-state index contributed by atoms with van der Waals surface area (Å²) in [6.07, 6.45) is 4.71. The smallest absolute Gasteiger partial charge is 0.315 e. The van der Waals surface area contributed by atoms with Gasteiger partial charge in [0.25, 0.3) is 0 Å². The lowest BCUT2D eigenvalue weighted by molar-refractivity contribution is -0.672. The average Bonchev–Trinajstić information content (AvgIpc) is 2.70. The highest BCUT2D eigenvalue weighted by atomic mass is 16.2. The Labute approximate surface area is 107 Å². The molecule has 0 saturated heterocycles. The van der Waals surface area contributed by atoms with E-state index in [2.05, 4.69) is 12.2 Å². The first-order valence-electron chi connectivity index (χ1n) is 6.03. The average molecular weight is 244 g/mol. The Morgan fingerprint density at radius 1 is 1.33 bits per heavy atom. The van der Waals surface area contributed by atoms with E-state index in [1.54, 1.807) is 9.13 Å². The number of rotatable bonds is 3. The first kappa shape index (κ1) is 12.4. The molecule has 0 bridgehead atoms. The van der Waals surface area contributed by atoms with Gasteiger partial charge in [-0.1, -0.05) is 19.1 Å². The van der Waals surface area contributed by atoms with Crippen molar-refractivity contribution in [3.05, 3.63) is 48.0 Å². The summed E-state index contributed by atoms with van der Waals surface area (Å²) in [7, 11) is 3.71. The topological polar surface area (TPSA) is 37.9 Å². The summed E-state index contributed by atoms with van der Waals surface area (Å²) in [4.78, 5) is 12.1. The predicted octanol–water partition coefficient (Wildman–Crippen LogP) is 1.66. The van der Waals surface area contributed by atoms with Crippen molar-refractivity contribution >= 4 is 11.6 Å². The van der Waals surface area contributed by atoms with Crippen molar-refractivity contribution in [2.24, 2.45) is 14.1 Å². The van der Waals surface area contributed by atoms with Crippen LogP contribution in [-0.2, 0) is 20.5 Å². The van der Waals surface area contributed by atoms with Gasteiger partial charge in [-0.05, 0) is 24.1 Å². The second-order valence-electron chi connectivity index (χ2n) is 4.35. The van der Waals surface area contributed by atoms with Crippen LogP contribution >= 0.6 is 0 Å². The molecule has 94 valence electrons. The van der Waals surface area contributed by atoms with E-state index in [9.17, 15) is 4.79 Å². The third-order valence-electron chi connectivity index (χ3n) is 3.01. The van der Waals surface area contributed by atoms with Crippen LogP contribution in [0.2, 0.25) is 0 Å². The van der Waals surface area contributed by atoms with Gasteiger partial charge in [-0.25, -0.2) is 9.13 Å². The van der Waals surface area contributed by atoms with Crippen LogP contribution in [0.3, 0.4) is 0 Å². The lowest BCUT2D eigenvalue weighted by Gasteiger charge is -2.04. The highest BCUT2D eigenvalue weighted by Gasteiger charge is 2.20. The number of carbonyl (C=O) groups is 1. The second kappa shape index (κ2) is 5.04. The first-order valence-corrected chi connectivity index (χ1v) is 6.03. The highest BCUT2D eigenvalue weighted by molar-refractivity contribution is 6.00. The third kappa shape index (κ3) is 2.42. The predicted molar refractivity (Wildman–Crippen MR) is 70.4 cm³/mol. The van der Waals surface area contributed by atoms with Crippen molar-refractivity contribution in [3.8, 4) is 0 Å². The van der Waals surface area contributed by atoms with Crippen LogP contribution in [0.4, 0.5) is 5.69 Å². The summed E-state index contributed by atoms with van der Waals surface area (Å²) in [5, 5.41) is 2.90. The molecule has 18 heavy (non-hydrogen) atoms. The number of aryl methyl sites for hydroxylation is 3. The lowest BCUT2D eigenvalue weighted by Crippen LogP contribution is -2.37. The van der Waals surface area contributed by atoms with E-state index in [0.717, 1.165) is 12.1 Å². The summed E-state index contributed by atoms with van der Waals surface area (Å²) in [6.45, 7) is 2.11. The summed E-state index contributed by atoms with van der Waals surface area (Å²) in [5.74, 6) is 0.517. The normalized spacial score (nSPS) is 10.4. The number of nitrogens with one attached hydrogen (secondary N) is 1. The molecule has 2 rings (SSSR count). The largest absolute Gasteiger partial charge is 0.347 e. The molecule has 0 aliphatic rings. The lowest BCUT2D eigenvalue weighted by atomic mass is 10.1. The number of hydrogen-bond donors (Lipinski definition) is 1. The summed E-state index contributed by atoms with van der Waals surface area (Å²) in [6, 6.07) is 7.92. The number of anilines is 1. The van der Waals surface area contributed by atoms with Crippen LogP contribution in [-0.4, -0.2) is 10.5 Å². The van der Waals surface area contributed by atoms with Crippen LogP contribution in [0.25, 0.3) is 0 Å². The van der Waals surface area contributed by atoms with E-state index in [0.29, 0.717) is 5.82 Å². The minimum atomic E-state index is -0.103. The molecule has 2 aromatic rings. The van der Waals surface area contributed by atoms with Crippen LogP contribution in [0.5, 0.6) is 0 Å². The van der Waals surface area contributed by atoms with Gasteiger partial charge in [-0.15, -0.1) is 0 Å². The SMILES string of the molecule is CCc1ccc(NC(=O)c2n(C)cc[n+]2C)cc1. The summed E-state index contributed by atoms with van der Waals surface area (Å²) in [5.41, 5.74) is 2.08. The summed E-state index contributed by atoms with van der Waals surface area (Å²) < 4.78 is 3.60. The molecule has 0 spiro atoms. The van der Waals surface area contributed by atoms with Gasteiger partial charge in [0.1, 0.15) is 12.4 Å². The molecule has 4 nitrogen and oxygen atoms in total. The molecule has 0 unspecified atom stereocenters. The number of benzene rings is 1. The number of carbonyl (C=O) groups excluding carboxylic acids is 1. The molecule has 0 fully saturated rings. The zero-order valence-electron chi connectivity index (χ0n) is 11.0. The zero-order chi connectivity index (χ0) is 13.1. The maximum absolute atomic E-state index is 12.1. The van der Waals surface area contributed by atoms with Gasteiger partial charge in [-0.3, -0.25) is 4.79 Å². The molecule has 1 aromatic carbocycles. The van der Waals surface area contributed by atoms with Gasteiger partial charge >= 0.3 is 11.7 Å². The van der Waals surface area contributed by atoms with E-state index in [4.69, 9.17) is 0 Å². The van der Waals surface area contributed by atoms with E-state index in [1.165, 1.54) is 5.56 Å². The number of amides is 1. The molecule has 1 N–H and O–H groups in total. The fraction of sp³-hybridized carbons (Fsp3) is 0.286. The Morgan fingerprint density at radius 3 is 2.50 bits per heavy atom. The van der Waals surface area contributed by atoms with Crippen LogP contribution in [0.15, 0.2) is 36.7 Å². The number of hydrogen-bond acceptors (Lipinski definition) is 1. The van der Waals surface area contributed by atoms with Crippen molar-refractivity contribution in [2.45, 2.75) is 13.3 Å². The molecule has 1 aromatic heterocycles. The van der Waals surface area contributed by atoms with Gasteiger partial charge in [0.15, 0.2) is 0 Å². The fourth-order valence-corrected chi connectivity index (χ4v) is 1.92. The minimum absolute atomic E-state index is 0.103. The Kier molecular flexibility index (Phi) is 3.46. The van der Waals surface area contributed by atoms with Gasteiger partial charge in [-0.2, -0.15) is 0 Å². The third-order valence-corrected chi connectivity index (χ3v) is 3.01. The molecule has 1 amide bonds. The van der Waals surface area contributed by atoms with Crippen molar-refractivity contribution in [1.82, 2.24) is 4.57 Å². The van der Waals surface area contributed by atoms with Crippen molar-refractivity contribution in [1.29, 1.82) is 0 Å². The molecule has 0 aliphatic heterocycles. The zero-order valence-corrected chi connectivity index (χ0v) is 11.0. The quantitative estimate of drug-likeness (QED) is 0.819. The highest BCUT2D eigenvalue weighted by Crippen LogP contribution is 2.10. The number of aromatic nitrogens is 2. The monoisotopic (exact) mass is 244 g/mol. The number of nitrogens with zero attached hydrogens (tertiary/aromatic N) is 2. The van der Waals surface area contributed by atoms with E-state index < -0.39 is 0 Å². The molecule has 1 heterocycles. The maximum Gasteiger partial charge on any atom is 0.347 e. The molecule has 0 atom stereocenters. The van der Waals surface area contributed by atoms with Crippen molar-refractivity contribution < 1.29 is 9.36 Å². The summed E-state index contributed by atoms with van der Waals surface area (Å²) >= 11 is 0. The minimum Gasteiger partial charge on any atom is -0.315 e. The Hall–Kier alpha value is -2.10. The number of imidazole rings is 1. The Morgan fingerprint density at radius 2 is 2.00 bits per heavy atom.